The van der Waals surface area contributed by atoms with Crippen molar-refractivity contribution in [3.8, 4) is 0 Å². The molecule has 0 bridgehead atoms. The first kappa shape index (κ1) is 13.8. The Labute approximate surface area is 120 Å². The van der Waals surface area contributed by atoms with Crippen molar-refractivity contribution in [2.45, 2.75) is 11.8 Å². The van der Waals surface area contributed by atoms with Crippen LogP contribution in [0.2, 0.25) is 0 Å². The molecule has 0 unspecified atom stereocenters. The Morgan fingerprint density at radius 1 is 1.32 bits per heavy atom. The summed E-state index contributed by atoms with van der Waals surface area (Å²) in [4.78, 5) is 4.00. The highest BCUT2D eigenvalue weighted by Crippen LogP contribution is 2.25. The molecule has 7 heteroatoms. The van der Waals surface area contributed by atoms with E-state index in [-0.39, 0.29) is 10.6 Å². The second kappa shape index (κ2) is 5.18. The molecule has 0 radical (unpaired) electrons. The summed E-state index contributed by atoms with van der Waals surface area (Å²) in [5, 5.41) is 0. The lowest BCUT2D eigenvalue weighted by Crippen LogP contribution is -2.15. The van der Waals surface area contributed by atoms with Gasteiger partial charge in [0.2, 0.25) is 0 Å². The van der Waals surface area contributed by atoms with E-state index in [4.69, 9.17) is 5.73 Å². The molecule has 2 rings (SSSR count). The number of hydrogen-bond acceptors (Lipinski definition) is 4. The van der Waals surface area contributed by atoms with Crippen molar-refractivity contribution >= 4 is 37.3 Å². The van der Waals surface area contributed by atoms with Gasteiger partial charge in [-0.1, -0.05) is 6.07 Å². The summed E-state index contributed by atoms with van der Waals surface area (Å²) >= 11 is 3.18. The summed E-state index contributed by atoms with van der Waals surface area (Å²) in [6.07, 6.45) is 1.56. The lowest BCUT2D eigenvalue weighted by Gasteiger charge is -2.11. The van der Waals surface area contributed by atoms with Gasteiger partial charge in [-0.25, -0.2) is 13.4 Å². The molecule has 5 nitrogen and oxygen atoms in total. The van der Waals surface area contributed by atoms with Crippen LogP contribution in [-0.4, -0.2) is 13.4 Å². The molecule has 100 valence electrons. The van der Waals surface area contributed by atoms with Crippen molar-refractivity contribution in [3.63, 3.8) is 0 Å². The number of pyridine rings is 1. The van der Waals surface area contributed by atoms with E-state index in [2.05, 4.69) is 25.6 Å². The number of nitrogens with zero attached hydrogens (tertiary/aromatic N) is 1. The third-order valence-electron chi connectivity index (χ3n) is 2.46. The van der Waals surface area contributed by atoms with E-state index in [1.807, 2.05) is 6.92 Å². The predicted molar refractivity (Wildman–Crippen MR) is 78.3 cm³/mol. The maximum Gasteiger partial charge on any atom is 0.264 e. The van der Waals surface area contributed by atoms with Crippen LogP contribution in [0, 0.1) is 6.92 Å². The molecule has 2 aromatic rings. The van der Waals surface area contributed by atoms with Crippen molar-refractivity contribution in [2.75, 3.05) is 10.5 Å². The van der Waals surface area contributed by atoms with Gasteiger partial charge in [-0.15, -0.1) is 0 Å². The first-order chi connectivity index (χ1) is 8.90. The molecule has 0 saturated heterocycles. The van der Waals surface area contributed by atoms with Crippen LogP contribution >= 0.6 is 15.9 Å². The van der Waals surface area contributed by atoms with E-state index in [9.17, 15) is 8.42 Å². The van der Waals surface area contributed by atoms with Gasteiger partial charge in [0.05, 0.1) is 11.4 Å². The fourth-order valence-electron chi connectivity index (χ4n) is 1.57. The third-order valence-corrected chi connectivity index (χ3v) is 4.53. The van der Waals surface area contributed by atoms with Gasteiger partial charge in [0.15, 0.2) is 0 Å². The number of benzene rings is 1. The molecule has 1 heterocycles. The molecule has 0 atom stereocenters. The van der Waals surface area contributed by atoms with Crippen LogP contribution in [0.15, 0.2) is 46.0 Å². The Bertz CT molecular complexity index is 717. The largest absolute Gasteiger partial charge is 0.398 e. The normalized spacial score (nSPS) is 11.3. The quantitative estimate of drug-likeness (QED) is 0.663. The summed E-state index contributed by atoms with van der Waals surface area (Å²) in [6.45, 7) is 1.85. The smallest absolute Gasteiger partial charge is 0.264 e. The Hall–Kier alpha value is -1.60. The van der Waals surface area contributed by atoms with Gasteiger partial charge >= 0.3 is 0 Å². The van der Waals surface area contributed by atoms with E-state index in [0.29, 0.717) is 10.3 Å². The first-order valence-electron chi connectivity index (χ1n) is 5.39. The molecule has 0 aliphatic heterocycles. The topological polar surface area (TPSA) is 85.1 Å². The van der Waals surface area contributed by atoms with Crippen molar-refractivity contribution in [1.82, 2.24) is 4.98 Å². The number of nitrogens with one attached hydrogen (secondary N) is 1. The lowest BCUT2D eigenvalue weighted by molar-refractivity contribution is 0.601. The molecule has 0 aliphatic carbocycles. The van der Waals surface area contributed by atoms with Crippen molar-refractivity contribution in [1.29, 1.82) is 0 Å². The average Bonchev–Trinajstić information content (AvgIpc) is 2.31. The number of halogens is 1. The van der Waals surface area contributed by atoms with Gasteiger partial charge in [-0.2, -0.15) is 0 Å². The molecule has 3 N–H and O–H groups in total. The van der Waals surface area contributed by atoms with Gasteiger partial charge in [-0.05, 0) is 52.7 Å². The van der Waals surface area contributed by atoms with Gasteiger partial charge < -0.3 is 5.73 Å². The molecule has 1 aromatic carbocycles. The minimum Gasteiger partial charge on any atom is -0.398 e. The third kappa shape index (κ3) is 3.05. The standard InChI is InChI=1S/C12H12BrN3O2S/c1-8-4-5-11(9(14)7-8)19(17,18)16-10-3-2-6-15-12(10)13/h2-7,16H,14H2,1H3. The molecule has 0 saturated carbocycles. The van der Waals surface area contributed by atoms with E-state index >= 15 is 0 Å². The van der Waals surface area contributed by atoms with Crippen LogP contribution < -0.4 is 10.5 Å². The summed E-state index contributed by atoms with van der Waals surface area (Å²) < 4.78 is 27.4. The number of nitrogens with two attached hydrogens (primary N) is 1. The number of aromatic nitrogens is 1. The van der Waals surface area contributed by atoms with Crippen molar-refractivity contribution in [2.24, 2.45) is 0 Å². The zero-order chi connectivity index (χ0) is 14.0. The lowest BCUT2D eigenvalue weighted by atomic mass is 10.2. The minimum absolute atomic E-state index is 0.0499. The zero-order valence-electron chi connectivity index (χ0n) is 10.1. The summed E-state index contributed by atoms with van der Waals surface area (Å²) in [6, 6.07) is 8.05. The molecule has 1 aromatic heterocycles. The van der Waals surface area contributed by atoms with E-state index in [1.54, 1.807) is 30.5 Å². The van der Waals surface area contributed by atoms with Gasteiger partial charge in [0.1, 0.15) is 9.50 Å². The Kier molecular flexibility index (Phi) is 3.77. The summed E-state index contributed by atoms with van der Waals surface area (Å²) in [5.41, 5.74) is 7.23. The Balaban J connectivity index is 2.41. The predicted octanol–water partition coefficient (Wildman–Crippen LogP) is 2.54. The van der Waals surface area contributed by atoms with Crippen molar-refractivity contribution in [3.05, 3.63) is 46.7 Å². The highest BCUT2D eigenvalue weighted by molar-refractivity contribution is 9.10. The molecular formula is C12H12BrN3O2S. The highest BCUT2D eigenvalue weighted by atomic mass is 79.9. The maximum atomic E-state index is 12.2. The number of sulfonamides is 1. The van der Waals surface area contributed by atoms with E-state index in [0.717, 1.165) is 5.56 Å². The summed E-state index contributed by atoms with van der Waals surface area (Å²) in [7, 11) is -3.73. The zero-order valence-corrected chi connectivity index (χ0v) is 12.5. The van der Waals surface area contributed by atoms with Crippen LogP contribution in [0.4, 0.5) is 11.4 Å². The monoisotopic (exact) mass is 341 g/mol. The minimum atomic E-state index is -3.73. The van der Waals surface area contributed by atoms with Crippen molar-refractivity contribution < 1.29 is 8.42 Å². The second-order valence-corrected chi connectivity index (χ2v) is 6.39. The number of hydrogen-bond donors (Lipinski definition) is 2. The average molecular weight is 342 g/mol. The molecule has 0 amide bonds. The first-order valence-corrected chi connectivity index (χ1v) is 7.67. The molecular weight excluding hydrogens is 330 g/mol. The van der Waals surface area contributed by atoms with Crippen LogP contribution in [0.5, 0.6) is 0 Å². The van der Waals surface area contributed by atoms with Crippen LogP contribution in [0.1, 0.15) is 5.56 Å². The van der Waals surface area contributed by atoms with Gasteiger partial charge in [0, 0.05) is 6.20 Å². The van der Waals surface area contributed by atoms with E-state index < -0.39 is 10.0 Å². The van der Waals surface area contributed by atoms with Gasteiger partial charge in [0.25, 0.3) is 10.0 Å². The van der Waals surface area contributed by atoms with Crippen LogP contribution in [-0.2, 0) is 10.0 Å². The summed E-state index contributed by atoms with van der Waals surface area (Å²) in [5.74, 6) is 0. The Morgan fingerprint density at radius 2 is 2.05 bits per heavy atom. The number of nitrogen functional groups attached to an aromatic ring is 1. The molecule has 0 fully saturated rings. The van der Waals surface area contributed by atoms with Gasteiger partial charge in [-0.3, -0.25) is 4.72 Å². The Morgan fingerprint density at radius 3 is 2.68 bits per heavy atom. The van der Waals surface area contributed by atoms with E-state index in [1.165, 1.54) is 6.07 Å². The molecule has 19 heavy (non-hydrogen) atoms. The van der Waals surface area contributed by atoms with Crippen LogP contribution in [0.3, 0.4) is 0 Å². The number of rotatable bonds is 3. The number of anilines is 2. The van der Waals surface area contributed by atoms with Crippen LogP contribution in [0.25, 0.3) is 0 Å². The second-order valence-electron chi connectivity index (χ2n) is 3.99. The number of aryl methyl sites for hydroxylation is 1. The maximum absolute atomic E-state index is 12.2. The molecule has 0 spiro atoms. The fourth-order valence-corrected chi connectivity index (χ4v) is 3.24. The SMILES string of the molecule is Cc1ccc(S(=O)(=O)Nc2cccnc2Br)c(N)c1. The molecule has 0 aliphatic rings. The highest BCUT2D eigenvalue weighted by Gasteiger charge is 2.18. The fraction of sp³-hybridized carbons (Fsp3) is 0.0833.